The number of sulfonamides is 1. The van der Waals surface area contributed by atoms with Crippen LogP contribution in [0.15, 0.2) is 87.5 Å². The van der Waals surface area contributed by atoms with Crippen molar-refractivity contribution < 1.29 is 34.2 Å². The van der Waals surface area contributed by atoms with Gasteiger partial charge in [0.2, 0.25) is 10.3 Å². The molecule has 0 spiro atoms. The van der Waals surface area contributed by atoms with Crippen LogP contribution in [0.25, 0.3) is 4.13 Å². The molecule has 0 aliphatic rings. The molecule has 0 N–H and O–H groups in total. The van der Waals surface area contributed by atoms with Gasteiger partial charge in [-0.1, -0.05) is 65.8 Å². The molecule has 39 heavy (non-hydrogen) atoms. The van der Waals surface area contributed by atoms with E-state index in [2.05, 4.69) is 70.0 Å². The standard InChI is InChI=1S/C27H30F3NO5S3/c1-25(2,3)19-7-13-22(14-8-19)37(23-15-9-20(10-16-23)26(4,5)6)24-17-11-21(12-18-24)36-39(34,35)31-38(32,33)27(28,29)30/h7-18H,1-6H3. The van der Waals surface area contributed by atoms with Crippen LogP contribution in [0.3, 0.4) is 0 Å². The van der Waals surface area contributed by atoms with Crippen molar-refractivity contribution in [1.82, 2.24) is 0 Å². The zero-order valence-electron chi connectivity index (χ0n) is 22.3. The van der Waals surface area contributed by atoms with Crippen LogP contribution in [-0.4, -0.2) is 22.3 Å². The molecule has 0 bridgehead atoms. The zero-order chi connectivity index (χ0) is 29.4. The van der Waals surface area contributed by atoms with Gasteiger partial charge in [-0.3, -0.25) is 0 Å². The first-order chi connectivity index (χ1) is 17.7. The molecule has 12 heteroatoms. The van der Waals surface area contributed by atoms with Crippen LogP contribution in [0.1, 0.15) is 52.7 Å². The predicted molar refractivity (Wildman–Crippen MR) is 147 cm³/mol. The van der Waals surface area contributed by atoms with Gasteiger partial charge >= 0.3 is 5.51 Å². The normalized spacial score (nSPS) is 13.5. The first-order valence-corrected chi connectivity index (χ1v) is 15.8. The Hall–Kier alpha value is -2.54. The minimum Gasteiger partial charge on any atom is -0.395 e. The van der Waals surface area contributed by atoms with Crippen molar-refractivity contribution in [2.45, 2.75) is 72.6 Å². The molecule has 0 saturated heterocycles. The predicted octanol–water partition coefficient (Wildman–Crippen LogP) is 7.22. The first kappa shape index (κ1) is 31.0. The van der Waals surface area contributed by atoms with Gasteiger partial charge in [0.1, 0.15) is 5.75 Å². The number of nitrogens with zero attached hydrogens (tertiary/aromatic N) is 1. The number of rotatable bonds is 7. The van der Waals surface area contributed by atoms with Crippen LogP contribution in [-0.2, 0) is 42.1 Å². The van der Waals surface area contributed by atoms with E-state index in [1.165, 1.54) is 12.1 Å². The van der Waals surface area contributed by atoms with Gasteiger partial charge in [0, 0.05) is 0 Å². The van der Waals surface area contributed by atoms with Gasteiger partial charge < -0.3 is 8.31 Å². The maximum absolute atomic E-state index is 12.5. The smallest absolute Gasteiger partial charge is 0.395 e. The van der Waals surface area contributed by atoms with Crippen molar-refractivity contribution in [3.05, 3.63) is 88.1 Å². The Morgan fingerprint density at radius 1 is 0.615 bits per heavy atom. The maximum Gasteiger partial charge on any atom is 0.480 e. The molecule has 0 fully saturated rings. The summed E-state index contributed by atoms with van der Waals surface area (Å²) in [6.07, 6.45) is 0. The molecular formula is C27H30F3NO5S3. The molecule has 0 aliphatic carbocycles. The van der Waals surface area contributed by atoms with E-state index in [1.54, 1.807) is 12.1 Å². The Balaban J connectivity index is 1.98. The molecule has 6 nitrogen and oxygen atoms in total. The van der Waals surface area contributed by atoms with Gasteiger partial charge in [0.05, 0.1) is 10.9 Å². The Morgan fingerprint density at radius 2 is 0.949 bits per heavy atom. The highest BCUT2D eigenvalue weighted by atomic mass is 32.3. The van der Waals surface area contributed by atoms with Gasteiger partial charge in [0.15, 0.2) is 24.7 Å². The number of hydrogen-bond donors (Lipinski definition) is 0. The summed E-state index contributed by atoms with van der Waals surface area (Å²) in [5.74, 6) is -0.380. The Kier molecular flexibility index (Phi) is 8.58. The minimum absolute atomic E-state index is 0.0411. The van der Waals surface area contributed by atoms with Crippen molar-refractivity contribution in [1.29, 1.82) is 0 Å². The molecule has 0 atom stereocenters. The molecular weight excluding hydrogens is 571 g/mol. The largest absolute Gasteiger partial charge is 0.480 e. The van der Waals surface area contributed by atoms with E-state index >= 15 is 0 Å². The summed E-state index contributed by atoms with van der Waals surface area (Å²) < 4.78 is 90.1. The summed E-state index contributed by atoms with van der Waals surface area (Å²) in [6, 6.07) is 22.1. The van der Waals surface area contributed by atoms with Crippen LogP contribution in [0.5, 0.6) is 5.75 Å². The van der Waals surface area contributed by atoms with Crippen LogP contribution in [0, 0.1) is 0 Å². The van der Waals surface area contributed by atoms with Crippen LogP contribution < -0.4 is 4.18 Å². The average Bonchev–Trinajstić information content (AvgIpc) is 2.78. The number of alkyl halides is 3. The highest BCUT2D eigenvalue weighted by molar-refractivity contribution is 8.10. The number of benzene rings is 3. The van der Waals surface area contributed by atoms with Crippen molar-refractivity contribution in [3.63, 3.8) is 0 Å². The first-order valence-electron chi connectivity index (χ1n) is 11.8. The zero-order valence-corrected chi connectivity index (χ0v) is 24.7. The van der Waals surface area contributed by atoms with Crippen molar-refractivity contribution >= 4 is 31.2 Å². The summed E-state index contributed by atoms with van der Waals surface area (Å²) >= 11 is 0. The molecule has 0 unspecified atom stereocenters. The molecule has 3 rings (SSSR count). The Morgan fingerprint density at radius 3 is 1.26 bits per heavy atom. The second kappa shape index (κ2) is 10.8. The van der Waals surface area contributed by atoms with Crippen molar-refractivity contribution in [2.24, 2.45) is 0 Å². The lowest BCUT2D eigenvalue weighted by Crippen LogP contribution is -2.25. The van der Waals surface area contributed by atoms with Gasteiger partial charge in [-0.2, -0.15) is 13.2 Å². The number of halogens is 3. The molecule has 0 aliphatic heterocycles. The number of hydrogen-bond acceptors (Lipinski definition) is 5. The summed E-state index contributed by atoms with van der Waals surface area (Å²) in [7, 11) is -12.3. The quantitative estimate of drug-likeness (QED) is 0.267. The van der Waals surface area contributed by atoms with Gasteiger partial charge in [-0.15, -0.1) is 0 Å². The molecule has 212 valence electrons. The van der Waals surface area contributed by atoms with Crippen LogP contribution >= 0.6 is 0 Å². The van der Waals surface area contributed by atoms with E-state index < -0.39 is 36.7 Å². The van der Waals surface area contributed by atoms with Crippen molar-refractivity contribution in [3.8, 4) is 5.75 Å². The fourth-order valence-corrected chi connectivity index (χ4v) is 7.34. The highest BCUT2D eigenvalue weighted by Crippen LogP contribution is 2.36. The molecule has 0 aromatic heterocycles. The summed E-state index contributed by atoms with van der Waals surface area (Å²) in [6.45, 7) is 12.7. The van der Waals surface area contributed by atoms with E-state index in [9.17, 15) is 30.0 Å². The molecule has 0 radical (unpaired) electrons. The molecule has 3 aromatic rings. The third-order valence-corrected chi connectivity index (χ3v) is 10.4. The second-order valence-electron chi connectivity index (χ2n) is 10.8. The van der Waals surface area contributed by atoms with Crippen LogP contribution in [0.4, 0.5) is 13.2 Å². The third-order valence-electron chi connectivity index (χ3n) is 5.65. The van der Waals surface area contributed by atoms with Crippen molar-refractivity contribution in [2.75, 3.05) is 0 Å². The van der Waals surface area contributed by atoms with Gasteiger partial charge in [0.25, 0.3) is 0 Å². The Labute approximate surface area is 231 Å². The lowest BCUT2D eigenvalue weighted by molar-refractivity contribution is -0.0425. The second-order valence-corrected chi connectivity index (χ2v) is 15.9. The lowest BCUT2D eigenvalue weighted by Gasteiger charge is -2.21. The van der Waals surface area contributed by atoms with E-state index in [0.717, 1.165) is 25.8 Å². The van der Waals surface area contributed by atoms with Gasteiger partial charge in [-0.05, 0) is 70.5 Å². The monoisotopic (exact) mass is 601 g/mol. The van der Waals surface area contributed by atoms with E-state index in [-0.39, 0.29) is 16.6 Å². The van der Waals surface area contributed by atoms with E-state index in [0.29, 0.717) is 0 Å². The van der Waals surface area contributed by atoms with Crippen LogP contribution in [0.2, 0.25) is 0 Å². The van der Waals surface area contributed by atoms with Gasteiger partial charge in [-0.25, -0.2) is 16.8 Å². The molecule has 0 amide bonds. The average molecular weight is 602 g/mol. The lowest BCUT2D eigenvalue weighted by atomic mass is 9.87. The molecule has 0 heterocycles. The van der Waals surface area contributed by atoms with E-state index in [4.69, 9.17) is 0 Å². The summed E-state index contributed by atoms with van der Waals surface area (Å²) in [5, 5.41) is 0. The molecule has 0 saturated carbocycles. The highest BCUT2D eigenvalue weighted by Gasteiger charge is 2.41. The topological polar surface area (TPSA) is 91.6 Å². The van der Waals surface area contributed by atoms with E-state index in [1.807, 2.05) is 28.4 Å². The molecule has 3 aromatic carbocycles. The SMILES string of the molecule is CC(C)(C)c1ccc([S+](c2ccc(OS(=O)(=O)[N-]S(=O)(=O)C(F)(F)F)cc2)c2ccc(C(C)(C)C)cc2)cc1. The fraction of sp³-hybridized carbons (Fsp3) is 0.333. The summed E-state index contributed by atoms with van der Waals surface area (Å²) in [4.78, 5) is 2.78. The maximum atomic E-state index is 12.5. The Bertz CT molecular complexity index is 1450. The summed E-state index contributed by atoms with van der Waals surface area (Å²) in [5.41, 5.74) is -3.64. The fourth-order valence-electron chi connectivity index (χ4n) is 3.52. The third kappa shape index (κ3) is 7.77. The minimum atomic E-state index is -6.28.